The molecule has 0 aromatic carbocycles. The maximum absolute atomic E-state index is 9.62. The summed E-state index contributed by atoms with van der Waals surface area (Å²) in [6.07, 6.45) is 2.36. The van der Waals surface area contributed by atoms with Crippen molar-refractivity contribution in [1.29, 1.82) is 0 Å². The Morgan fingerprint density at radius 3 is 3.00 bits per heavy atom. The van der Waals surface area contributed by atoms with Gasteiger partial charge in [-0.25, -0.2) is 9.97 Å². The molecule has 1 fully saturated rings. The van der Waals surface area contributed by atoms with Crippen LogP contribution in [0.3, 0.4) is 0 Å². The maximum atomic E-state index is 9.62. The highest BCUT2D eigenvalue weighted by Gasteiger charge is 2.23. The van der Waals surface area contributed by atoms with Crippen molar-refractivity contribution in [3.63, 3.8) is 0 Å². The van der Waals surface area contributed by atoms with Crippen LogP contribution < -0.4 is 4.90 Å². The van der Waals surface area contributed by atoms with Crippen molar-refractivity contribution in [2.75, 3.05) is 24.7 Å². The van der Waals surface area contributed by atoms with E-state index in [9.17, 15) is 5.11 Å². The number of aliphatic hydroxyl groups excluding tert-OH is 1. The zero-order chi connectivity index (χ0) is 9.97. The zero-order valence-electron chi connectivity index (χ0n) is 7.43. The maximum Gasteiger partial charge on any atom is 0.171 e. The predicted octanol–water partition coefficient (Wildman–Crippen LogP) is 0.285. The van der Waals surface area contributed by atoms with Crippen LogP contribution in [-0.2, 0) is 4.74 Å². The highest BCUT2D eigenvalue weighted by Crippen LogP contribution is 2.22. The van der Waals surface area contributed by atoms with Crippen molar-refractivity contribution >= 4 is 17.4 Å². The SMILES string of the molecule is OC1COCCN1c1nccnc1Cl. The third kappa shape index (κ3) is 1.79. The summed E-state index contributed by atoms with van der Waals surface area (Å²) < 4.78 is 5.09. The molecule has 14 heavy (non-hydrogen) atoms. The van der Waals surface area contributed by atoms with E-state index in [1.807, 2.05) is 0 Å². The first-order chi connectivity index (χ1) is 6.79. The molecule has 76 valence electrons. The second kappa shape index (κ2) is 4.08. The number of halogens is 1. The van der Waals surface area contributed by atoms with Crippen molar-refractivity contribution in [2.24, 2.45) is 0 Å². The molecule has 0 saturated carbocycles. The molecule has 0 aliphatic carbocycles. The van der Waals surface area contributed by atoms with Gasteiger partial charge in [0.25, 0.3) is 0 Å². The smallest absolute Gasteiger partial charge is 0.171 e. The summed E-state index contributed by atoms with van der Waals surface area (Å²) in [4.78, 5) is 9.65. The first-order valence-electron chi connectivity index (χ1n) is 4.28. The number of hydrogen-bond donors (Lipinski definition) is 1. The number of anilines is 1. The van der Waals surface area contributed by atoms with Crippen molar-refractivity contribution < 1.29 is 9.84 Å². The molecule has 1 unspecified atom stereocenters. The van der Waals surface area contributed by atoms with Gasteiger partial charge in [0, 0.05) is 18.9 Å². The fourth-order valence-electron chi connectivity index (χ4n) is 1.34. The average Bonchev–Trinajstić information content (AvgIpc) is 2.20. The molecule has 2 heterocycles. The molecule has 1 aromatic heterocycles. The lowest BCUT2D eigenvalue weighted by molar-refractivity contribution is 0.00581. The van der Waals surface area contributed by atoms with Crippen molar-refractivity contribution in [2.45, 2.75) is 6.23 Å². The van der Waals surface area contributed by atoms with E-state index < -0.39 is 6.23 Å². The molecule has 0 amide bonds. The van der Waals surface area contributed by atoms with Crippen LogP contribution >= 0.6 is 11.6 Å². The average molecular weight is 216 g/mol. The lowest BCUT2D eigenvalue weighted by atomic mass is 10.4. The van der Waals surface area contributed by atoms with Crippen LogP contribution in [0.5, 0.6) is 0 Å². The normalized spacial score (nSPS) is 22.4. The topological polar surface area (TPSA) is 58.5 Å². The standard InChI is InChI=1S/C8H10ClN3O2/c9-7-8(11-2-1-10-7)12-3-4-14-5-6(12)13/h1-2,6,13H,3-5H2. The number of rotatable bonds is 1. The van der Waals surface area contributed by atoms with Crippen LogP contribution in [0.1, 0.15) is 0 Å². The molecule has 1 aliphatic rings. The van der Waals surface area contributed by atoms with Crippen LogP contribution in [0, 0.1) is 0 Å². The third-order valence-corrected chi connectivity index (χ3v) is 2.28. The van der Waals surface area contributed by atoms with Gasteiger partial charge in [0.2, 0.25) is 0 Å². The van der Waals surface area contributed by atoms with E-state index in [0.717, 1.165) is 0 Å². The second-order valence-corrected chi connectivity index (χ2v) is 3.28. The lowest BCUT2D eigenvalue weighted by Gasteiger charge is -2.32. The molecule has 0 bridgehead atoms. The minimum Gasteiger partial charge on any atom is -0.375 e. The van der Waals surface area contributed by atoms with Crippen LogP contribution in [0.25, 0.3) is 0 Å². The number of aliphatic hydroxyl groups is 1. The molecule has 1 N–H and O–H groups in total. The van der Waals surface area contributed by atoms with E-state index in [1.165, 1.54) is 6.20 Å². The van der Waals surface area contributed by atoms with Gasteiger partial charge in [-0.15, -0.1) is 0 Å². The number of aromatic nitrogens is 2. The van der Waals surface area contributed by atoms with Gasteiger partial charge in [0.1, 0.15) is 0 Å². The van der Waals surface area contributed by atoms with Gasteiger partial charge >= 0.3 is 0 Å². The van der Waals surface area contributed by atoms with E-state index in [2.05, 4.69) is 9.97 Å². The largest absolute Gasteiger partial charge is 0.375 e. The molecule has 0 radical (unpaired) electrons. The zero-order valence-corrected chi connectivity index (χ0v) is 8.18. The van der Waals surface area contributed by atoms with E-state index in [0.29, 0.717) is 24.1 Å². The van der Waals surface area contributed by atoms with Gasteiger partial charge in [-0.3, -0.25) is 0 Å². The minimum absolute atomic E-state index is 0.271. The molecule has 1 aliphatic heterocycles. The summed E-state index contributed by atoms with van der Waals surface area (Å²) in [6.45, 7) is 1.40. The molecule has 1 saturated heterocycles. The Hall–Kier alpha value is -0.910. The van der Waals surface area contributed by atoms with Gasteiger partial charge < -0.3 is 14.7 Å². The second-order valence-electron chi connectivity index (χ2n) is 2.92. The number of morpholine rings is 1. The fraction of sp³-hybridized carbons (Fsp3) is 0.500. The Morgan fingerprint density at radius 2 is 2.29 bits per heavy atom. The Labute approximate surface area is 86.3 Å². The Balaban J connectivity index is 2.25. The highest BCUT2D eigenvalue weighted by molar-refractivity contribution is 6.31. The summed E-state index contributed by atoms with van der Waals surface area (Å²) in [5.41, 5.74) is 0. The molecule has 6 heteroatoms. The number of ether oxygens (including phenoxy) is 1. The van der Waals surface area contributed by atoms with E-state index >= 15 is 0 Å². The predicted molar refractivity (Wildman–Crippen MR) is 51.2 cm³/mol. The quantitative estimate of drug-likeness (QED) is 0.730. The van der Waals surface area contributed by atoms with Gasteiger partial charge in [0.05, 0.1) is 13.2 Å². The van der Waals surface area contributed by atoms with E-state index in [4.69, 9.17) is 16.3 Å². The Morgan fingerprint density at radius 1 is 1.50 bits per heavy atom. The lowest BCUT2D eigenvalue weighted by Crippen LogP contribution is -2.46. The van der Waals surface area contributed by atoms with Gasteiger partial charge in [-0.2, -0.15) is 0 Å². The van der Waals surface area contributed by atoms with Crippen LogP contribution in [0.15, 0.2) is 12.4 Å². The fourth-order valence-corrected chi connectivity index (χ4v) is 1.56. The first kappa shape index (κ1) is 9.64. The minimum atomic E-state index is -0.696. The number of nitrogens with zero attached hydrogens (tertiary/aromatic N) is 3. The van der Waals surface area contributed by atoms with Crippen molar-refractivity contribution in [3.05, 3.63) is 17.5 Å². The number of hydrogen-bond acceptors (Lipinski definition) is 5. The van der Waals surface area contributed by atoms with Crippen LogP contribution in [0.2, 0.25) is 5.15 Å². The Bertz CT molecular complexity index is 323. The molecule has 2 rings (SSSR count). The van der Waals surface area contributed by atoms with E-state index in [1.54, 1.807) is 11.1 Å². The first-order valence-corrected chi connectivity index (χ1v) is 4.66. The summed E-state index contributed by atoms with van der Waals surface area (Å²) in [6, 6.07) is 0. The molecule has 1 atom stereocenters. The summed E-state index contributed by atoms with van der Waals surface area (Å²) in [5.74, 6) is 0.505. The van der Waals surface area contributed by atoms with Crippen LogP contribution in [-0.4, -0.2) is 41.1 Å². The van der Waals surface area contributed by atoms with Gasteiger partial charge in [-0.1, -0.05) is 11.6 Å². The molecule has 0 spiro atoms. The summed E-state index contributed by atoms with van der Waals surface area (Å²) in [7, 11) is 0. The van der Waals surface area contributed by atoms with E-state index in [-0.39, 0.29) is 6.61 Å². The third-order valence-electron chi connectivity index (χ3n) is 2.01. The van der Waals surface area contributed by atoms with Gasteiger partial charge in [-0.05, 0) is 0 Å². The summed E-state index contributed by atoms with van der Waals surface area (Å²) in [5, 5.41) is 9.92. The molecular weight excluding hydrogens is 206 g/mol. The molecule has 1 aromatic rings. The van der Waals surface area contributed by atoms with Gasteiger partial charge in [0.15, 0.2) is 17.2 Å². The molecule has 5 nitrogen and oxygen atoms in total. The summed E-state index contributed by atoms with van der Waals surface area (Å²) >= 11 is 5.86. The van der Waals surface area contributed by atoms with Crippen molar-refractivity contribution in [3.8, 4) is 0 Å². The molecular formula is C8H10ClN3O2. The monoisotopic (exact) mass is 215 g/mol. The van der Waals surface area contributed by atoms with Crippen molar-refractivity contribution in [1.82, 2.24) is 9.97 Å². The Kier molecular flexibility index (Phi) is 2.81. The van der Waals surface area contributed by atoms with Crippen LogP contribution in [0.4, 0.5) is 5.82 Å². The highest BCUT2D eigenvalue weighted by atomic mass is 35.5.